The molecule has 0 spiro atoms. The van der Waals surface area contributed by atoms with Gasteiger partial charge >= 0.3 is 5.97 Å². The maximum Gasteiger partial charge on any atom is 0.358 e. The van der Waals surface area contributed by atoms with Crippen LogP contribution in [0.4, 0.5) is 14.6 Å². The lowest BCUT2D eigenvalue weighted by atomic mass is 10.1. The molecule has 6 nitrogen and oxygen atoms in total. The van der Waals surface area contributed by atoms with Gasteiger partial charge in [-0.1, -0.05) is 6.58 Å². The molecule has 1 aromatic carbocycles. The summed E-state index contributed by atoms with van der Waals surface area (Å²) in [5.41, 5.74) is 0.465. The Bertz CT molecular complexity index is 852. The molecule has 0 saturated carbocycles. The molecule has 1 saturated heterocycles. The minimum Gasteiger partial charge on any atom is -0.487 e. The van der Waals surface area contributed by atoms with E-state index in [1.165, 1.54) is 31.5 Å². The first-order valence-electron chi connectivity index (χ1n) is 8.46. The van der Waals surface area contributed by atoms with Crippen LogP contribution < -0.4 is 9.64 Å². The van der Waals surface area contributed by atoms with Crippen LogP contribution in [-0.4, -0.2) is 42.2 Å². The van der Waals surface area contributed by atoms with E-state index < -0.39 is 17.6 Å². The maximum absolute atomic E-state index is 13.7. The predicted molar refractivity (Wildman–Crippen MR) is 95.7 cm³/mol. The third-order valence-electron chi connectivity index (χ3n) is 4.31. The summed E-state index contributed by atoms with van der Waals surface area (Å²) in [6, 6.07) is 3.27. The number of halogens is 2. The van der Waals surface area contributed by atoms with Crippen molar-refractivity contribution in [2.75, 3.05) is 25.1 Å². The predicted octanol–water partition coefficient (Wildman–Crippen LogP) is 3.23. The number of ether oxygens (including phenoxy) is 2. The minimum atomic E-state index is -0.711. The molecule has 0 bridgehead atoms. The first-order chi connectivity index (χ1) is 13.0. The van der Waals surface area contributed by atoms with Gasteiger partial charge in [0.1, 0.15) is 17.7 Å². The molecule has 2 heterocycles. The number of esters is 1. The lowest BCUT2D eigenvalue weighted by molar-refractivity contribution is 0.0593. The molecule has 0 radical (unpaired) electrons. The molecular weight excluding hydrogens is 356 g/mol. The van der Waals surface area contributed by atoms with Crippen molar-refractivity contribution in [3.8, 4) is 5.75 Å². The lowest BCUT2D eigenvalue weighted by Gasteiger charge is -2.33. The summed E-state index contributed by atoms with van der Waals surface area (Å²) < 4.78 is 37.0. The van der Waals surface area contributed by atoms with E-state index in [9.17, 15) is 13.6 Å². The fourth-order valence-electron chi connectivity index (χ4n) is 2.90. The second-order valence-electron chi connectivity index (χ2n) is 6.04. The largest absolute Gasteiger partial charge is 0.487 e. The van der Waals surface area contributed by atoms with E-state index in [2.05, 4.69) is 21.3 Å². The topological polar surface area (TPSA) is 64.5 Å². The van der Waals surface area contributed by atoms with E-state index in [0.29, 0.717) is 37.4 Å². The van der Waals surface area contributed by atoms with Crippen molar-refractivity contribution in [2.24, 2.45) is 0 Å². The minimum absolute atomic E-state index is 0.0472. The van der Waals surface area contributed by atoms with Crippen LogP contribution in [0.3, 0.4) is 0 Å². The molecule has 0 unspecified atom stereocenters. The number of hydrogen-bond acceptors (Lipinski definition) is 6. The molecule has 8 heteroatoms. The van der Waals surface area contributed by atoms with Crippen molar-refractivity contribution in [1.29, 1.82) is 0 Å². The second kappa shape index (κ2) is 8.11. The zero-order valence-corrected chi connectivity index (χ0v) is 14.8. The first kappa shape index (κ1) is 18.8. The summed E-state index contributed by atoms with van der Waals surface area (Å²) in [4.78, 5) is 22.2. The summed E-state index contributed by atoms with van der Waals surface area (Å²) in [5, 5.41) is 0. The van der Waals surface area contributed by atoms with Crippen LogP contribution in [0.1, 0.15) is 29.0 Å². The molecule has 0 N–H and O–H groups in total. The van der Waals surface area contributed by atoms with E-state index in [1.807, 2.05) is 4.90 Å². The summed E-state index contributed by atoms with van der Waals surface area (Å²) in [5.74, 6) is -1.26. The van der Waals surface area contributed by atoms with Crippen molar-refractivity contribution >= 4 is 17.9 Å². The van der Waals surface area contributed by atoms with E-state index in [-0.39, 0.29) is 17.5 Å². The number of benzene rings is 1. The number of anilines is 1. The highest BCUT2D eigenvalue weighted by molar-refractivity contribution is 5.90. The highest BCUT2D eigenvalue weighted by atomic mass is 19.1. The smallest absolute Gasteiger partial charge is 0.358 e. The SMILES string of the molecule is C=Cc1nc(N2CCC(Oc3ccc(F)cc3F)CC2)cnc1C(=O)OC. The Morgan fingerprint density at radius 1 is 1.33 bits per heavy atom. The molecule has 27 heavy (non-hydrogen) atoms. The standard InChI is InChI=1S/C19H19F2N3O3/c1-3-15-18(19(25)26-2)22-11-17(23-15)24-8-6-13(7-9-24)27-16-5-4-12(20)10-14(16)21/h3-5,10-11,13H,1,6-9H2,2H3. The molecule has 1 aromatic heterocycles. The maximum atomic E-state index is 13.7. The highest BCUT2D eigenvalue weighted by Crippen LogP contribution is 2.25. The van der Waals surface area contributed by atoms with E-state index in [4.69, 9.17) is 4.74 Å². The van der Waals surface area contributed by atoms with Gasteiger partial charge in [0.15, 0.2) is 17.3 Å². The monoisotopic (exact) mass is 375 g/mol. The third kappa shape index (κ3) is 4.21. The molecule has 2 aromatic rings. The van der Waals surface area contributed by atoms with Gasteiger partial charge in [0.2, 0.25) is 0 Å². The molecule has 0 atom stereocenters. The summed E-state index contributed by atoms with van der Waals surface area (Å²) in [7, 11) is 1.28. The first-order valence-corrected chi connectivity index (χ1v) is 8.46. The van der Waals surface area contributed by atoms with Gasteiger partial charge in [-0.3, -0.25) is 0 Å². The highest BCUT2D eigenvalue weighted by Gasteiger charge is 2.24. The Morgan fingerprint density at radius 3 is 2.70 bits per heavy atom. The van der Waals surface area contributed by atoms with Crippen molar-refractivity contribution in [1.82, 2.24) is 9.97 Å². The molecule has 1 aliphatic heterocycles. The van der Waals surface area contributed by atoms with Gasteiger partial charge in [0.25, 0.3) is 0 Å². The number of carbonyl (C=O) groups excluding carboxylic acids is 1. The molecular formula is C19H19F2N3O3. The molecule has 0 amide bonds. The zero-order chi connectivity index (χ0) is 19.4. The Balaban J connectivity index is 1.65. The van der Waals surface area contributed by atoms with Crippen molar-refractivity contribution < 1.29 is 23.0 Å². The van der Waals surface area contributed by atoms with Crippen LogP contribution in [0.5, 0.6) is 5.75 Å². The van der Waals surface area contributed by atoms with Crippen LogP contribution in [-0.2, 0) is 4.74 Å². The lowest BCUT2D eigenvalue weighted by Crippen LogP contribution is -2.39. The number of nitrogens with zero attached hydrogens (tertiary/aromatic N) is 3. The Hall–Kier alpha value is -3.03. The van der Waals surface area contributed by atoms with E-state index in [1.54, 1.807) is 0 Å². The Morgan fingerprint density at radius 2 is 2.07 bits per heavy atom. The summed E-state index contributed by atoms with van der Waals surface area (Å²) in [6.07, 6.45) is 4.07. The van der Waals surface area contributed by atoms with Gasteiger partial charge in [-0.2, -0.15) is 0 Å². The van der Waals surface area contributed by atoms with Crippen molar-refractivity contribution in [2.45, 2.75) is 18.9 Å². The van der Waals surface area contributed by atoms with Crippen molar-refractivity contribution in [3.05, 3.63) is 54.0 Å². The van der Waals surface area contributed by atoms with Crippen LogP contribution in [0, 0.1) is 11.6 Å². The summed E-state index contributed by atoms with van der Waals surface area (Å²) >= 11 is 0. The Kier molecular flexibility index (Phi) is 5.63. The second-order valence-corrected chi connectivity index (χ2v) is 6.04. The Labute approximate surface area is 155 Å². The van der Waals surface area contributed by atoms with Gasteiger partial charge < -0.3 is 14.4 Å². The fourth-order valence-corrected chi connectivity index (χ4v) is 2.90. The van der Waals surface area contributed by atoms with Crippen LogP contribution in [0.25, 0.3) is 6.08 Å². The normalized spacial score (nSPS) is 14.7. The molecule has 0 aliphatic carbocycles. The van der Waals surface area contributed by atoms with Gasteiger partial charge in [-0.05, 0) is 18.2 Å². The molecule has 142 valence electrons. The number of piperidine rings is 1. The third-order valence-corrected chi connectivity index (χ3v) is 4.31. The van der Waals surface area contributed by atoms with Crippen LogP contribution in [0.15, 0.2) is 31.0 Å². The summed E-state index contributed by atoms with van der Waals surface area (Å²) in [6.45, 7) is 4.90. The van der Waals surface area contributed by atoms with E-state index >= 15 is 0 Å². The number of hydrogen-bond donors (Lipinski definition) is 0. The average molecular weight is 375 g/mol. The number of carbonyl (C=O) groups is 1. The van der Waals surface area contributed by atoms with Crippen LogP contribution in [0.2, 0.25) is 0 Å². The van der Waals surface area contributed by atoms with Crippen molar-refractivity contribution in [3.63, 3.8) is 0 Å². The average Bonchev–Trinajstić information content (AvgIpc) is 2.69. The number of aromatic nitrogens is 2. The van der Waals surface area contributed by atoms with Crippen LogP contribution >= 0.6 is 0 Å². The van der Waals surface area contributed by atoms with Gasteiger partial charge in [0, 0.05) is 32.0 Å². The van der Waals surface area contributed by atoms with Gasteiger partial charge in [-0.25, -0.2) is 23.5 Å². The van der Waals surface area contributed by atoms with Gasteiger partial charge in [0.05, 0.1) is 19.0 Å². The fraction of sp³-hybridized carbons (Fsp3) is 0.316. The zero-order valence-electron chi connectivity index (χ0n) is 14.8. The molecule has 1 fully saturated rings. The molecule has 3 rings (SSSR count). The molecule has 1 aliphatic rings. The van der Waals surface area contributed by atoms with Gasteiger partial charge in [-0.15, -0.1) is 0 Å². The van der Waals surface area contributed by atoms with E-state index in [0.717, 1.165) is 6.07 Å². The number of methoxy groups -OCH3 is 1. The number of rotatable bonds is 5. The quantitative estimate of drug-likeness (QED) is 0.748.